The number of benzene rings is 3. The first-order chi connectivity index (χ1) is 17.2. The predicted octanol–water partition coefficient (Wildman–Crippen LogP) is 5.66. The Hall–Kier alpha value is -4.06. The molecular formula is C29H29N3O3. The zero-order valence-electron chi connectivity index (χ0n) is 20.0. The third kappa shape index (κ3) is 4.52. The molecule has 1 aromatic heterocycles. The molecule has 178 valence electrons. The van der Waals surface area contributed by atoms with Crippen molar-refractivity contribution in [3.8, 4) is 22.8 Å². The van der Waals surface area contributed by atoms with Crippen LogP contribution in [-0.4, -0.2) is 41.3 Å². The van der Waals surface area contributed by atoms with Crippen LogP contribution in [0, 0.1) is 0 Å². The number of amides is 1. The van der Waals surface area contributed by atoms with E-state index in [4.69, 9.17) is 9.47 Å². The summed E-state index contributed by atoms with van der Waals surface area (Å²) in [6.45, 7) is 3.32. The number of rotatable bonds is 9. The van der Waals surface area contributed by atoms with Gasteiger partial charge < -0.3 is 14.4 Å². The van der Waals surface area contributed by atoms with E-state index in [2.05, 4.69) is 23.2 Å². The fourth-order valence-electron chi connectivity index (χ4n) is 4.63. The molecule has 0 bridgehead atoms. The van der Waals surface area contributed by atoms with E-state index in [-0.39, 0.29) is 11.9 Å². The number of methoxy groups -OCH3 is 1. The van der Waals surface area contributed by atoms with E-state index in [1.807, 2.05) is 77.7 Å². The number of carbonyl (C=O) groups is 1. The molecule has 0 saturated heterocycles. The van der Waals surface area contributed by atoms with Gasteiger partial charge in [-0.3, -0.25) is 9.89 Å². The van der Waals surface area contributed by atoms with Crippen molar-refractivity contribution in [3.63, 3.8) is 0 Å². The van der Waals surface area contributed by atoms with Crippen molar-refractivity contribution in [1.82, 2.24) is 15.1 Å². The van der Waals surface area contributed by atoms with E-state index in [0.717, 1.165) is 52.3 Å². The van der Waals surface area contributed by atoms with E-state index >= 15 is 0 Å². The van der Waals surface area contributed by atoms with Crippen molar-refractivity contribution in [2.75, 3.05) is 20.3 Å². The van der Waals surface area contributed by atoms with Gasteiger partial charge in [0.05, 0.1) is 25.5 Å². The number of aromatic amines is 1. The van der Waals surface area contributed by atoms with Gasteiger partial charge in [-0.2, -0.15) is 5.10 Å². The van der Waals surface area contributed by atoms with Crippen LogP contribution in [0.4, 0.5) is 0 Å². The van der Waals surface area contributed by atoms with Crippen molar-refractivity contribution in [3.05, 3.63) is 101 Å². The van der Waals surface area contributed by atoms with Crippen molar-refractivity contribution in [2.45, 2.75) is 25.8 Å². The quantitative estimate of drug-likeness (QED) is 0.345. The summed E-state index contributed by atoms with van der Waals surface area (Å²) >= 11 is 0. The number of aromatic nitrogens is 2. The Kier molecular flexibility index (Phi) is 6.53. The van der Waals surface area contributed by atoms with E-state index < -0.39 is 0 Å². The largest absolute Gasteiger partial charge is 0.497 e. The highest BCUT2D eigenvalue weighted by Crippen LogP contribution is 2.43. The molecule has 3 aromatic carbocycles. The van der Waals surface area contributed by atoms with Gasteiger partial charge in [0, 0.05) is 17.7 Å². The van der Waals surface area contributed by atoms with Crippen LogP contribution >= 0.6 is 0 Å². The van der Waals surface area contributed by atoms with E-state index in [0.29, 0.717) is 18.8 Å². The third-order valence-electron chi connectivity index (χ3n) is 6.36. The third-order valence-corrected chi connectivity index (χ3v) is 6.36. The molecule has 1 atom stereocenters. The fourth-order valence-corrected chi connectivity index (χ4v) is 4.63. The smallest absolute Gasteiger partial charge is 0.273 e. The number of H-pyrrole nitrogens is 1. The average molecular weight is 468 g/mol. The van der Waals surface area contributed by atoms with Crippen molar-refractivity contribution < 1.29 is 14.3 Å². The lowest BCUT2D eigenvalue weighted by atomic mass is 9.95. The normalized spacial score (nSPS) is 14.7. The standard InChI is InChI=1S/C29H29N3O3/c1-3-18-35-24-11-7-10-22(19-24)28-25-26(21-8-5-4-6-9-21)30-31-27(25)29(33)32(28)17-16-20-12-14-23(34-2)15-13-20/h4-15,19,28H,3,16-18H2,1-2H3,(H,30,31). The van der Waals surface area contributed by atoms with Crippen LogP contribution in [0.5, 0.6) is 11.5 Å². The Morgan fingerprint density at radius 2 is 1.77 bits per heavy atom. The number of nitrogens with one attached hydrogen (secondary N) is 1. The van der Waals surface area contributed by atoms with Crippen LogP contribution in [0.2, 0.25) is 0 Å². The van der Waals surface area contributed by atoms with Gasteiger partial charge in [0.2, 0.25) is 0 Å². The van der Waals surface area contributed by atoms with Crippen LogP contribution in [0.3, 0.4) is 0 Å². The minimum atomic E-state index is -0.255. The molecule has 0 fully saturated rings. The predicted molar refractivity (Wildman–Crippen MR) is 136 cm³/mol. The number of ether oxygens (including phenoxy) is 2. The van der Waals surface area contributed by atoms with Gasteiger partial charge in [0.15, 0.2) is 0 Å². The zero-order valence-corrected chi connectivity index (χ0v) is 20.0. The summed E-state index contributed by atoms with van der Waals surface area (Å²) in [5.41, 5.74) is 5.43. The van der Waals surface area contributed by atoms with Gasteiger partial charge in [-0.1, -0.05) is 61.5 Å². The Labute approximate surface area is 205 Å². The highest BCUT2D eigenvalue weighted by molar-refractivity contribution is 6.00. The fraction of sp³-hybridized carbons (Fsp3) is 0.241. The van der Waals surface area contributed by atoms with Crippen LogP contribution in [0.1, 0.15) is 46.6 Å². The molecule has 0 aliphatic carbocycles. The second kappa shape index (κ2) is 10.1. The Balaban J connectivity index is 1.52. The zero-order chi connectivity index (χ0) is 24.2. The molecule has 1 aliphatic heterocycles. The highest BCUT2D eigenvalue weighted by Gasteiger charge is 2.42. The summed E-state index contributed by atoms with van der Waals surface area (Å²) in [5, 5.41) is 7.60. The lowest BCUT2D eigenvalue weighted by molar-refractivity contribution is 0.0745. The second-order valence-corrected chi connectivity index (χ2v) is 8.65. The van der Waals surface area contributed by atoms with Gasteiger partial charge in [-0.05, 0) is 48.2 Å². The number of nitrogens with zero attached hydrogens (tertiary/aromatic N) is 2. The average Bonchev–Trinajstić information content (AvgIpc) is 3.46. The van der Waals surface area contributed by atoms with Crippen molar-refractivity contribution in [1.29, 1.82) is 0 Å². The van der Waals surface area contributed by atoms with E-state index in [9.17, 15) is 4.79 Å². The molecule has 5 rings (SSSR count). The van der Waals surface area contributed by atoms with Gasteiger partial charge in [-0.15, -0.1) is 0 Å². The summed E-state index contributed by atoms with van der Waals surface area (Å²) in [5.74, 6) is 1.60. The lowest BCUT2D eigenvalue weighted by Gasteiger charge is -2.27. The van der Waals surface area contributed by atoms with Gasteiger partial charge >= 0.3 is 0 Å². The van der Waals surface area contributed by atoms with E-state index in [1.165, 1.54) is 0 Å². The maximum atomic E-state index is 13.6. The SMILES string of the molecule is CCCOc1cccc(C2c3c(-c4ccccc4)n[nH]c3C(=O)N2CCc2ccc(OC)cc2)c1. The Morgan fingerprint density at radius 3 is 2.51 bits per heavy atom. The summed E-state index contributed by atoms with van der Waals surface area (Å²) in [6, 6.07) is 25.8. The topological polar surface area (TPSA) is 67.5 Å². The minimum Gasteiger partial charge on any atom is -0.497 e. The maximum absolute atomic E-state index is 13.6. The maximum Gasteiger partial charge on any atom is 0.273 e. The molecule has 0 saturated carbocycles. The summed E-state index contributed by atoms with van der Waals surface area (Å²) in [7, 11) is 1.66. The summed E-state index contributed by atoms with van der Waals surface area (Å²) in [6.07, 6.45) is 1.67. The van der Waals surface area contributed by atoms with Crippen molar-refractivity contribution in [2.24, 2.45) is 0 Å². The molecule has 0 radical (unpaired) electrons. The molecule has 1 aliphatic rings. The number of carbonyl (C=O) groups excluding carboxylic acids is 1. The lowest BCUT2D eigenvalue weighted by Crippen LogP contribution is -2.31. The second-order valence-electron chi connectivity index (χ2n) is 8.65. The molecule has 2 heterocycles. The van der Waals surface area contributed by atoms with Crippen LogP contribution in [0.25, 0.3) is 11.3 Å². The van der Waals surface area contributed by atoms with E-state index in [1.54, 1.807) is 7.11 Å². The Bertz CT molecular complexity index is 1300. The van der Waals surface area contributed by atoms with Crippen molar-refractivity contribution >= 4 is 5.91 Å². The van der Waals surface area contributed by atoms with Gasteiger partial charge in [0.25, 0.3) is 5.91 Å². The molecule has 4 aromatic rings. The first-order valence-electron chi connectivity index (χ1n) is 12.0. The summed E-state index contributed by atoms with van der Waals surface area (Å²) < 4.78 is 11.2. The first kappa shape index (κ1) is 22.7. The molecule has 6 heteroatoms. The highest BCUT2D eigenvalue weighted by atomic mass is 16.5. The molecule has 1 N–H and O–H groups in total. The molecular weight excluding hydrogens is 438 g/mol. The van der Waals surface area contributed by atoms with Gasteiger partial charge in [-0.25, -0.2) is 0 Å². The number of hydrogen-bond acceptors (Lipinski definition) is 4. The number of fused-ring (bicyclic) bond motifs is 1. The summed E-state index contributed by atoms with van der Waals surface area (Å²) in [4.78, 5) is 15.6. The molecule has 35 heavy (non-hydrogen) atoms. The molecule has 6 nitrogen and oxygen atoms in total. The van der Waals surface area contributed by atoms with Crippen LogP contribution < -0.4 is 9.47 Å². The first-order valence-corrected chi connectivity index (χ1v) is 12.0. The molecule has 1 amide bonds. The van der Waals surface area contributed by atoms with Crippen LogP contribution in [0.15, 0.2) is 78.9 Å². The van der Waals surface area contributed by atoms with Crippen LogP contribution in [-0.2, 0) is 6.42 Å². The monoisotopic (exact) mass is 467 g/mol. The minimum absolute atomic E-state index is 0.0342. The molecule has 0 spiro atoms. The van der Waals surface area contributed by atoms with Gasteiger partial charge in [0.1, 0.15) is 17.2 Å². The molecule has 1 unspecified atom stereocenters. The Morgan fingerprint density at radius 1 is 0.971 bits per heavy atom. The number of hydrogen-bond donors (Lipinski definition) is 1.